The first-order chi connectivity index (χ1) is 8.63. The van der Waals surface area contributed by atoms with Crippen LogP contribution >= 0.6 is 0 Å². The Labute approximate surface area is 105 Å². The number of pyridine rings is 1. The summed E-state index contributed by atoms with van der Waals surface area (Å²) in [6.45, 7) is 4.80. The van der Waals surface area contributed by atoms with Crippen LogP contribution in [0.25, 0.3) is 10.8 Å². The van der Waals surface area contributed by atoms with Gasteiger partial charge in [-0.3, -0.25) is 15.1 Å². The highest BCUT2D eigenvalue weighted by molar-refractivity contribution is 5.99. The number of hydrogen-bond donors (Lipinski definition) is 1. The van der Waals surface area contributed by atoms with Crippen LogP contribution in [0, 0.1) is 17.0 Å². The van der Waals surface area contributed by atoms with Crippen molar-refractivity contribution in [1.82, 2.24) is 4.98 Å². The Hall–Kier alpha value is -2.17. The molecule has 0 unspecified atom stereocenters. The number of anilines is 1. The molecule has 0 aliphatic rings. The number of hydrogen-bond acceptors (Lipinski definition) is 4. The van der Waals surface area contributed by atoms with Crippen LogP contribution < -0.4 is 5.32 Å². The SMILES string of the molecule is CCCNc1ccc([N+](=O)[O-])c2cnc(C)cc12. The van der Waals surface area contributed by atoms with Gasteiger partial charge in [-0.25, -0.2) is 0 Å². The van der Waals surface area contributed by atoms with Crippen molar-refractivity contribution in [3.05, 3.63) is 40.2 Å². The lowest BCUT2D eigenvalue weighted by atomic mass is 10.1. The Kier molecular flexibility index (Phi) is 3.41. The molecule has 5 nitrogen and oxygen atoms in total. The molecule has 18 heavy (non-hydrogen) atoms. The maximum absolute atomic E-state index is 11.0. The molecule has 1 N–H and O–H groups in total. The molecule has 5 heteroatoms. The topological polar surface area (TPSA) is 68.1 Å². The predicted octanol–water partition coefficient (Wildman–Crippen LogP) is 3.27. The third-order valence-corrected chi connectivity index (χ3v) is 2.78. The van der Waals surface area contributed by atoms with Gasteiger partial charge in [-0.15, -0.1) is 0 Å². The van der Waals surface area contributed by atoms with Gasteiger partial charge in [0.15, 0.2) is 0 Å². The summed E-state index contributed by atoms with van der Waals surface area (Å²) >= 11 is 0. The number of aryl methyl sites for hydroxylation is 1. The van der Waals surface area contributed by atoms with Crippen molar-refractivity contribution in [1.29, 1.82) is 0 Å². The highest BCUT2D eigenvalue weighted by atomic mass is 16.6. The van der Waals surface area contributed by atoms with E-state index in [2.05, 4.69) is 17.2 Å². The van der Waals surface area contributed by atoms with E-state index in [0.717, 1.165) is 29.7 Å². The van der Waals surface area contributed by atoms with Gasteiger partial charge in [-0.2, -0.15) is 0 Å². The first-order valence-electron chi connectivity index (χ1n) is 5.91. The molecule has 0 radical (unpaired) electrons. The Morgan fingerprint density at radius 3 is 2.83 bits per heavy atom. The van der Waals surface area contributed by atoms with Crippen LogP contribution in [0.4, 0.5) is 11.4 Å². The van der Waals surface area contributed by atoms with Crippen LogP contribution in [0.1, 0.15) is 19.0 Å². The molecule has 1 aromatic carbocycles. The molecule has 94 valence electrons. The molecule has 0 spiro atoms. The van der Waals surface area contributed by atoms with Crippen molar-refractivity contribution >= 4 is 22.1 Å². The van der Waals surface area contributed by atoms with Gasteiger partial charge in [0.25, 0.3) is 5.69 Å². The maximum atomic E-state index is 11.0. The second-order valence-electron chi connectivity index (χ2n) is 4.19. The van der Waals surface area contributed by atoms with Crippen LogP contribution in [-0.4, -0.2) is 16.5 Å². The Bertz CT molecular complexity index is 596. The number of benzene rings is 1. The largest absolute Gasteiger partial charge is 0.385 e. The van der Waals surface area contributed by atoms with Gasteiger partial charge in [-0.1, -0.05) is 6.92 Å². The van der Waals surface area contributed by atoms with Crippen LogP contribution in [-0.2, 0) is 0 Å². The van der Waals surface area contributed by atoms with Crippen molar-refractivity contribution < 1.29 is 4.92 Å². The van der Waals surface area contributed by atoms with Crippen LogP contribution in [0.2, 0.25) is 0 Å². The molecule has 0 atom stereocenters. The summed E-state index contributed by atoms with van der Waals surface area (Å²) in [7, 11) is 0. The molecule has 0 saturated heterocycles. The molecule has 2 rings (SSSR count). The van der Waals surface area contributed by atoms with Crippen LogP contribution in [0.15, 0.2) is 24.4 Å². The van der Waals surface area contributed by atoms with E-state index >= 15 is 0 Å². The van der Waals surface area contributed by atoms with E-state index in [4.69, 9.17) is 0 Å². The van der Waals surface area contributed by atoms with Gasteiger partial charge in [0.05, 0.1) is 10.3 Å². The van der Waals surface area contributed by atoms with Crippen LogP contribution in [0.3, 0.4) is 0 Å². The van der Waals surface area contributed by atoms with E-state index in [9.17, 15) is 10.1 Å². The molecular weight excluding hydrogens is 230 g/mol. The van der Waals surface area contributed by atoms with Crippen molar-refractivity contribution in [2.75, 3.05) is 11.9 Å². The van der Waals surface area contributed by atoms with E-state index in [-0.39, 0.29) is 10.6 Å². The van der Waals surface area contributed by atoms with E-state index in [1.165, 1.54) is 6.07 Å². The molecule has 1 heterocycles. The monoisotopic (exact) mass is 245 g/mol. The maximum Gasteiger partial charge on any atom is 0.278 e. The number of nitrogens with one attached hydrogen (secondary N) is 1. The minimum atomic E-state index is -0.372. The van der Waals surface area contributed by atoms with Gasteiger partial charge >= 0.3 is 0 Å². The zero-order valence-corrected chi connectivity index (χ0v) is 10.4. The summed E-state index contributed by atoms with van der Waals surface area (Å²) in [6, 6.07) is 5.16. The second-order valence-corrected chi connectivity index (χ2v) is 4.19. The first kappa shape index (κ1) is 12.3. The lowest BCUT2D eigenvalue weighted by Crippen LogP contribution is -2.01. The van der Waals surface area contributed by atoms with E-state index < -0.39 is 0 Å². The number of nitro benzene ring substituents is 1. The Morgan fingerprint density at radius 1 is 1.39 bits per heavy atom. The molecule has 0 amide bonds. The summed E-state index contributed by atoms with van der Waals surface area (Å²) < 4.78 is 0. The molecular formula is C13H15N3O2. The lowest BCUT2D eigenvalue weighted by Gasteiger charge is -2.09. The molecule has 1 aromatic heterocycles. The normalized spacial score (nSPS) is 10.6. The van der Waals surface area contributed by atoms with Crippen molar-refractivity contribution in [2.24, 2.45) is 0 Å². The summed E-state index contributed by atoms with van der Waals surface area (Å²) in [5, 5.41) is 15.7. The number of nitro groups is 1. The summed E-state index contributed by atoms with van der Waals surface area (Å²) in [4.78, 5) is 14.8. The molecule has 0 saturated carbocycles. The predicted molar refractivity (Wildman–Crippen MR) is 71.9 cm³/mol. The highest BCUT2D eigenvalue weighted by Crippen LogP contribution is 2.31. The molecule has 0 fully saturated rings. The minimum Gasteiger partial charge on any atom is -0.385 e. The third kappa shape index (κ3) is 2.25. The number of fused-ring (bicyclic) bond motifs is 1. The Morgan fingerprint density at radius 2 is 2.17 bits per heavy atom. The highest BCUT2D eigenvalue weighted by Gasteiger charge is 2.14. The second kappa shape index (κ2) is 5.00. The van der Waals surface area contributed by atoms with Gasteiger partial charge in [0.1, 0.15) is 0 Å². The smallest absolute Gasteiger partial charge is 0.278 e. The third-order valence-electron chi connectivity index (χ3n) is 2.78. The molecule has 0 aliphatic carbocycles. The van der Waals surface area contributed by atoms with Gasteiger partial charge in [0, 0.05) is 35.6 Å². The molecule has 0 bridgehead atoms. The fraction of sp³-hybridized carbons (Fsp3) is 0.308. The van der Waals surface area contributed by atoms with Gasteiger partial charge in [-0.05, 0) is 25.5 Å². The van der Waals surface area contributed by atoms with E-state index in [0.29, 0.717) is 5.39 Å². The zero-order valence-electron chi connectivity index (χ0n) is 10.4. The van der Waals surface area contributed by atoms with Crippen molar-refractivity contribution in [3.63, 3.8) is 0 Å². The van der Waals surface area contributed by atoms with Crippen LogP contribution in [0.5, 0.6) is 0 Å². The summed E-state index contributed by atoms with van der Waals surface area (Å²) in [5.74, 6) is 0. The van der Waals surface area contributed by atoms with E-state index in [1.54, 1.807) is 12.3 Å². The van der Waals surface area contributed by atoms with Crippen molar-refractivity contribution in [3.8, 4) is 0 Å². The fourth-order valence-electron chi connectivity index (χ4n) is 1.90. The summed E-state index contributed by atoms with van der Waals surface area (Å²) in [6.07, 6.45) is 2.57. The van der Waals surface area contributed by atoms with Gasteiger partial charge < -0.3 is 5.32 Å². The first-order valence-corrected chi connectivity index (χ1v) is 5.91. The average molecular weight is 245 g/mol. The van der Waals surface area contributed by atoms with Crippen molar-refractivity contribution in [2.45, 2.75) is 20.3 Å². The summed E-state index contributed by atoms with van der Waals surface area (Å²) in [5.41, 5.74) is 1.87. The van der Waals surface area contributed by atoms with Gasteiger partial charge in [0.2, 0.25) is 0 Å². The quantitative estimate of drug-likeness (QED) is 0.663. The zero-order chi connectivity index (χ0) is 13.1. The number of non-ortho nitro benzene ring substituents is 1. The number of nitrogens with zero attached hydrogens (tertiary/aromatic N) is 2. The minimum absolute atomic E-state index is 0.0968. The fourth-order valence-corrected chi connectivity index (χ4v) is 1.90. The average Bonchev–Trinajstić information content (AvgIpc) is 2.35. The lowest BCUT2D eigenvalue weighted by molar-refractivity contribution is -0.383. The number of rotatable bonds is 4. The Balaban J connectivity index is 2.63. The number of aromatic nitrogens is 1. The standard InChI is InChI=1S/C13H15N3O2/c1-3-6-14-12-4-5-13(16(17)18)11-8-15-9(2)7-10(11)12/h4-5,7-8,14H,3,6H2,1-2H3. The van der Waals surface area contributed by atoms with E-state index in [1.807, 2.05) is 13.0 Å². The molecule has 2 aromatic rings. The molecule has 0 aliphatic heterocycles.